The largest absolute Gasteiger partial charge is 0.478 e. The van der Waals surface area contributed by atoms with Crippen molar-refractivity contribution in [1.29, 1.82) is 0 Å². The molecule has 5 N–H and O–H groups in total. The summed E-state index contributed by atoms with van der Waals surface area (Å²) in [7, 11) is 0. The molecule has 0 atom stereocenters. The number of aliphatic carboxylic acids is 1. The number of carbonyl (C=O) groups is 3. The third-order valence-corrected chi connectivity index (χ3v) is 1.41. The number of ether oxygens (including phenoxy) is 1. The lowest BCUT2D eigenvalue weighted by Gasteiger charge is -1.92. The number of hydrogen-bond acceptors (Lipinski definition) is 4. The maximum Gasteiger partial charge on any atom is 0.330 e. The Labute approximate surface area is 119 Å². The summed E-state index contributed by atoms with van der Waals surface area (Å²) in [4.78, 5) is 29.2. The van der Waals surface area contributed by atoms with E-state index in [4.69, 9.17) is 9.90 Å². The van der Waals surface area contributed by atoms with Crippen LogP contribution in [-0.4, -0.2) is 29.7 Å². The van der Waals surface area contributed by atoms with Gasteiger partial charge in [0.1, 0.15) is 0 Å². The lowest BCUT2D eigenvalue weighted by atomic mass is 10.3. The quantitative estimate of drug-likeness (QED) is 0.295. The molecule has 116 valence electrons. The first-order valence-electron chi connectivity index (χ1n) is 6.05. The predicted octanol–water partition coefficient (Wildman–Crippen LogP) is 1.58. The lowest BCUT2D eigenvalue weighted by molar-refractivity contribution is -0.138. The standard InChI is InChI=1S/C6H8O4.C6H12.CH4N2O/c1-2-10-6(9)4-3-5(7)8;1-3-5-6-4-2;2-1(3)4/h3-4H,2H2,1H3,(H,7,8);3H,1,4-6H2,2H3;(H4,2,3,4)/b4-3+;;. The highest BCUT2D eigenvalue weighted by Gasteiger charge is 1.94. The molecule has 0 aromatic rings. The number of esters is 1. The van der Waals surface area contributed by atoms with Crippen LogP contribution >= 0.6 is 0 Å². The van der Waals surface area contributed by atoms with Crippen LogP contribution in [0, 0.1) is 0 Å². The number of urea groups is 1. The highest BCUT2D eigenvalue weighted by molar-refractivity contribution is 5.90. The Balaban J connectivity index is -0.000000246. The van der Waals surface area contributed by atoms with Gasteiger partial charge in [-0.1, -0.05) is 25.8 Å². The number of carbonyl (C=O) groups excluding carboxylic acids is 2. The van der Waals surface area contributed by atoms with Crippen LogP contribution < -0.4 is 11.5 Å². The molecular weight excluding hydrogens is 264 g/mol. The molecule has 0 radical (unpaired) electrons. The normalized spacial score (nSPS) is 8.50. The van der Waals surface area contributed by atoms with Crippen LogP contribution in [-0.2, 0) is 14.3 Å². The van der Waals surface area contributed by atoms with E-state index >= 15 is 0 Å². The molecule has 0 unspecified atom stereocenters. The van der Waals surface area contributed by atoms with Crippen molar-refractivity contribution in [2.75, 3.05) is 6.61 Å². The zero-order valence-corrected chi connectivity index (χ0v) is 12.0. The minimum absolute atomic E-state index is 0.253. The molecule has 0 bridgehead atoms. The summed E-state index contributed by atoms with van der Waals surface area (Å²) in [5.74, 6) is -1.79. The predicted molar refractivity (Wildman–Crippen MR) is 76.9 cm³/mol. The third kappa shape index (κ3) is 44.8. The van der Waals surface area contributed by atoms with E-state index in [0.717, 1.165) is 12.2 Å². The molecule has 0 heterocycles. The molecule has 0 aliphatic carbocycles. The van der Waals surface area contributed by atoms with Crippen LogP contribution in [0.3, 0.4) is 0 Å². The second-order valence-corrected chi connectivity index (χ2v) is 3.26. The Morgan fingerprint density at radius 3 is 1.95 bits per heavy atom. The number of carboxylic acids is 1. The first-order valence-corrected chi connectivity index (χ1v) is 6.05. The van der Waals surface area contributed by atoms with Crippen LogP contribution in [0.15, 0.2) is 24.8 Å². The van der Waals surface area contributed by atoms with Crippen LogP contribution in [0.1, 0.15) is 33.1 Å². The van der Waals surface area contributed by atoms with Gasteiger partial charge in [-0.2, -0.15) is 0 Å². The average molecular weight is 288 g/mol. The van der Waals surface area contributed by atoms with Gasteiger partial charge in [0.05, 0.1) is 6.61 Å². The van der Waals surface area contributed by atoms with Crippen molar-refractivity contribution in [1.82, 2.24) is 0 Å². The summed E-state index contributed by atoms with van der Waals surface area (Å²) in [6.45, 7) is 7.68. The van der Waals surface area contributed by atoms with Crippen LogP contribution in [0.5, 0.6) is 0 Å². The number of unbranched alkanes of at least 4 members (excludes halogenated alkanes) is 2. The molecule has 7 heteroatoms. The van der Waals surface area contributed by atoms with Gasteiger partial charge in [-0.15, -0.1) is 6.58 Å². The summed E-state index contributed by atoms with van der Waals surface area (Å²) in [5, 5.41) is 8.04. The van der Waals surface area contributed by atoms with Crippen LogP contribution in [0.25, 0.3) is 0 Å². The van der Waals surface area contributed by atoms with Gasteiger partial charge in [0.25, 0.3) is 0 Å². The molecule has 0 saturated heterocycles. The van der Waals surface area contributed by atoms with Crippen LogP contribution in [0.4, 0.5) is 4.79 Å². The van der Waals surface area contributed by atoms with Gasteiger partial charge in [0.15, 0.2) is 0 Å². The summed E-state index contributed by atoms with van der Waals surface area (Å²) >= 11 is 0. The molecule has 0 spiro atoms. The lowest BCUT2D eigenvalue weighted by Crippen LogP contribution is -2.18. The first kappa shape index (κ1) is 22.8. The minimum Gasteiger partial charge on any atom is -0.478 e. The molecule has 7 nitrogen and oxygen atoms in total. The number of nitrogens with two attached hydrogens (primary N) is 2. The first-order chi connectivity index (χ1) is 9.31. The van der Waals surface area contributed by atoms with E-state index in [0.29, 0.717) is 0 Å². The Kier molecular flexibility index (Phi) is 21.7. The topological polar surface area (TPSA) is 133 Å². The van der Waals surface area contributed by atoms with Gasteiger partial charge in [-0.3, -0.25) is 0 Å². The monoisotopic (exact) mass is 288 g/mol. The minimum atomic E-state index is -1.16. The molecule has 0 saturated carbocycles. The van der Waals surface area contributed by atoms with E-state index in [1.165, 1.54) is 19.3 Å². The molecule has 0 fully saturated rings. The molecule has 0 aromatic carbocycles. The van der Waals surface area contributed by atoms with E-state index in [9.17, 15) is 9.59 Å². The number of hydrogen-bond donors (Lipinski definition) is 3. The van der Waals surface area contributed by atoms with Crippen molar-refractivity contribution in [2.24, 2.45) is 11.5 Å². The number of allylic oxidation sites excluding steroid dienone is 1. The highest BCUT2D eigenvalue weighted by atomic mass is 16.5. The van der Waals surface area contributed by atoms with Crippen LogP contribution in [0.2, 0.25) is 0 Å². The van der Waals surface area contributed by atoms with Crippen molar-refractivity contribution in [3.05, 3.63) is 24.8 Å². The summed E-state index contributed by atoms with van der Waals surface area (Å²) < 4.78 is 4.40. The Hall–Kier alpha value is -2.31. The van der Waals surface area contributed by atoms with E-state index in [-0.39, 0.29) is 6.61 Å². The molecule has 0 rings (SSSR count). The van der Waals surface area contributed by atoms with Gasteiger partial charge in [-0.05, 0) is 13.3 Å². The SMILES string of the molecule is C=CCCCC.CCOC(=O)/C=C/C(=O)O.NC(N)=O. The number of primary amides is 2. The average Bonchev–Trinajstić information content (AvgIpc) is 2.34. The van der Waals surface area contributed by atoms with Gasteiger partial charge in [0, 0.05) is 12.2 Å². The van der Waals surface area contributed by atoms with Crippen molar-refractivity contribution >= 4 is 18.0 Å². The van der Waals surface area contributed by atoms with Gasteiger partial charge < -0.3 is 21.3 Å². The van der Waals surface area contributed by atoms with Crippen molar-refractivity contribution in [3.63, 3.8) is 0 Å². The van der Waals surface area contributed by atoms with Crippen molar-refractivity contribution in [3.8, 4) is 0 Å². The van der Waals surface area contributed by atoms with Crippen molar-refractivity contribution in [2.45, 2.75) is 33.1 Å². The zero-order valence-electron chi connectivity index (χ0n) is 12.0. The zero-order chi connectivity index (χ0) is 16.4. The summed E-state index contributed by atoms with van der Waals surface area (Å²) in [6, 6.07) is -0.833. The molecule has 0 aliphatic rings. The highest BCUT2D eigenvalue weighted by Crippen LogP contribution is 1.91. The van der Waals surface area contributed by atoms with Gasteiger partial charge in [0.2, 0.25) is 0 Å². The second kappa shape index (κ2) is 19.0. The molecule has 20 heavy (non-hydrogen) atoms. The van der Waals surface area contributed by atoms with E-state index in [2.05, 4.69) is 29.7 Å². The molecule has 2 amide bonds. The molecule has 0 aromatic heterocycles. The number of amides is 2. The Morgan fingerprint density at radius 2 is 1.70 bits per heavy atom. The molecular formula is C13H24N2O5. The Morgan fingerprint density at radius 1 is 1.20 bits per heavy atom. The smallest absolute Gasteiger partial charge is 0.330 e. The summed E-state index contributed by atoms with van der Waals surface area (Å²) in [5.41, 5.74) is 8.50. The number of carboxylic acid groups (broad SMARTS) is 1. The van der Waals surface area contributed by atoms with E-state index in [1.54, 1.807) is 6.92 Å². The number of rotatable bonds is 6. The maximum atomic E-state index is 10.4. The van der Waals surface area contributed by atoms with E-state index < -0.39 is 18.0 Å². The van der Waals surface area contributed by atoms with Gasteiger partial charge >= 0.3 is 18.0 Å². The summed E-state index contributed by atoms with van der Waals surface area (Å²) in [6.07, 6.45) is 7.32. The fourth-order valence-corrected chi connectivity index (χ4v) is 0.678. The second-order valence-electron chi connectivity index (χ2n) is 3.26. The fourth-order valence-electron chi connectivity index (χ4n) is 0.678. The fraction of sp³-hybridized carbons (Fsp3) is 0.462. The maximum absolute atomic E-state index is 10.4. The van der Waals surface area contributed by atoms with Crippen molar-refractivity contribution < 1.29 is 24.2 Å². The third-order valence-electron chi connectivity index (χ3n) is 1.41. The van der Waals surface area contributed by atoms with E-state index in [1.807, 2.05) is 6.08 Å². The van der Waals surface area contributed by atoms with Gasteiger partial charge in [-0.25, -0.2) is 14.4 Å². The Bertz CT molecular complexity index is 310. The molecule has 0 aliphatic heterocycles.